The molecule has 0 bridgehead atoms. The maximum atomic E-state index is 13.8. The first-order chi connectivity index (χ1) is 14.3. The zero-order chi connectivity index (χ0) is 21.4. The zero-order valence-electron chi connectivity index (χ0n) is 16.5. The van der Waals surface area contributed by atoms with Gasteiger partial charge in [-0.1, -0.05) is 47.5 Å². The van der Waals surface area contributed by atoms with Crippen LogP contribution in [0.25, 0.3) is 0 Å². The van der Waals surface area contributed by atoms with Gasteiger partial charge in [-0.05, 0) is 43.5 Å². The Labute approximate surface area is 178 Å². The number of carbonyl (C=O) groups excluding carboxylic acids is 1. The third kappa shape index (κ3) is 3.89. The van der Waals surface area contributed by atoms with E-state index in [4.69, 9.17) is 11.6 Å². The Hall–Kier alpha value is -2.93. The summed E-state index contributed by atoms with van der Waals surface area (Å²) in [4.78, 5) is 12.9. The van der Waals surface area contributed by atoms with Crippen LogP contribution >= 0.6 is 11.6 Å². The van der Waals surface area contributed by atoms with Crippen LogP contribution in [0.2, 0.25) is 5.02 Å². The van der Waals surface area contributed by atoms with Crippen molar-refractivity contribution in [3.05, 3.63) is 75.9 Å². The number of alkyl halides is 2. The van der Waals surface area contributed by atoms with Crippen LogP contribution < -0.4 is 10.6 Å². The molecule has 1 aliphatic rings. The Morgan fingerprint density at radius 1 is 1.23 bits per heavy atom. The molecule has 2 heterocycles. The molecule has 0 unspecified atom stereocenters. The topological polar surface area (TPSA) is 59.0 Å². The Bertz CT molecular complexity index is 1080. The fraction of sp³-hybridized carbons (Fsp3) is 0.273. The number of rotatable bonds is 4. The molecule has 8 heteroatoms. The number of nitrogens with zero attached hydrogens (tertiary/aromatic N) is 2. The Morgan fingerprint density at radius 2 is 1.97 bits per heavy atom. The summed E-state index contributed by atoms with van der Waals surface area (Å²) >= 11 is 6.03. The van der Waals surface area contributed by atoms with E-state index in [1.165, 1.54) is 10.9 Å². The summed E-state index contributed by atoms with van der Waals surface area (Å²) in [6.07, 6.45) is -1.11. The number of amides is 1. The molecule has 4 rings (SSSR count). The summed E-state index contributed by atoms with van der Waals surface area (Å²) < 4.78 is 28.8. The van der Waals surface area contributed by atoms with Gasteiger partial charge >= 0.3 is 0 Å². The predicted octanol–water partition coefficient (Wildman–Crippen LogP) is 5.77. The summed E-state index contributed by atoms with van der Waals surface area (Å²) in [7, 11) is 0. The molecule has 5 nitrogen and oxygen atoms in total. The number of hydrogen-bond acceptors (Lipinski definition) is 3. The molecule has 3 aromatic rings. The lowest BCUT2D eigenvalue weighted by molar-refractivity contribution is 0.0657. The first kappa shape index (κ1) is 20.3. The van der Waals surface area contributed by atoms with Crippen molar-refractivity contribution in [3.63, 3.8) is 0 Å². The predicted molar refractivity (Wildman–Crippen MR) is 114 cm³/mol. The van der Waals surface area contributed by atoms with E-state index in [0.29, 0.717) is 10.7 Å². The first-order valence-electron chi connectivity index (χ1n) is 9.59. The molecule has 30 heavy (non-hydrogen) atoms. The first-order valence-corrected chi connectivity index (χ1v) is 9.97. The SMILES string of the molecule is Cc1ccc([C@H]2C[C@H](C(F)F)n3ncc(C(=O)Nc4cc(Cl)ccc4C)c3N2)cc1. The van der Waals surface area contributed by atoms with Crippen LogP contribution in [0.5, 0.6) is 0 Å². The maximum absolute atomic E-state index is 13.8. The quantitative estimate of drug-likeness (QED) is 0.552. The lowest BCUT2D eigenvalue weighted by Gasteiger charge is -2.32. The molecule has 0 spiro atoms. The van der Waals surface area contributed by atoms with Crippen LogP contribution in [0.4, 0.5) is 20.3 Å². The molecule has 1 aromatic heterocycles. The van der Waals surface area contributed by atoms with Gasteiger partial charge in [0.15, 0.2) is 0 Å². The van der Waals surface area contributed by atoms with Gasteiger partial charge in [0.05, 0.1) is 12.2 Å². The maximum Gasteiger partial charge on any atom is 0.261 e. The lowest BCUT2D eigenvalue weighted by atomic mass is 9.96. The second kappa shape index (κ2) is 8.07. The van der Waals surface area contributed by atoms with Gasteiger partial charge < -0.3 is 10.6 Å². The summed E-state index contributed by atoms with van der Waals surface area (Å²) in [5.74, 6) is -0.152. The van der Waals surface area contributed by atoms with Crippen molar-refractivity contribution in [2.24, 2.45) is 0 Å². The smallest absolute Gasteiger partial charge is 0.261 e. The number of hydrogen-bond donors (Lipinski definition) is 2. The second-order valence-electron chi connectivity index (χ2n) is 7.51. The van der Waals surface area contributed by atoms with Crippen LogP contribution in [-0.2, 0) is 0 Å². The summed E-state index contributed by atoms with van der Waals surface area (Å²) in [5, 5.41) is 10.6. The number of benzene rings is 2. The van der Waals surface area contributed by atoms with Crippen molar-refractivity contribution in [3.8, 4) is 0 Å². The highest BCUT2D eigenvalue weighted by molar-refractivity contribution is 6.31. The number of aromatic nitrogens is 2. The molecule has 0 aliphatic carbocycles. The van der Waals surface area contributed by atoms with E-state index < -0.39 is 18.4 Å². The van der Waals surface area contributed by atoms with Crippen LogP contribution in [0.15, 0.2) is 48.7 Å². The summed E-state index contributed by atoms with van der Waals surface area (Å²) in [6, 6.07) is 11.4. The molecule has 0 fully saturated rings. The fourth-order valence-corrected chi connectivity index (χ4v) is 3.81. The molecule has 2 atom stereocenters. The van der Waals surface area contributed by atoms with Crippen molar-refractivity contribution in [1.29, 1.82) is 0 Å². The number of anilines is 2. The Kier molecular flexibility index (Phi) is 5.47. The molecule has 2 N–H and O–H groups in total. The van der Waals surface area contributed by atoms with Crippen LogP contribution in [0.3, 0.4) is 0 Å². The van der Waals surface area contributed by atoms with Gasteiger partial charge in [-0.2, -0.15) is 5.10 Å². The molecule has 2 aromatic carbocycles. The molecule has 1 aliphatic heterocycles. The third-order valence-electron chi connectivity index (χ3n) is 5.36. The van der Waals surface area contributed by atoms with E-state index in [0.717, 1.165) is 16.7 Å². The average Bonchev–Trinajstić information content (AvgIpc) is 3.14. The van der Waals surface area contributed by atoms with Crippen molar-refractivity contribution in [2.75, 3.05) is 10.6 Å². The monoisotopic (exact) mass is 430 g/mol. The largest absolute Gasteiger partial charge is 0.363 e. The Morgan fingerprint density at radius 3 is 2.67 bits per heavy atom. The highest BCUT2D eigenvalue weighted by Crippen LogP contribution is 2.39. The van der Waals surface area contributed by atoms with Crippen LogP contribution in [-0.4, -0.2) is 22.1 Å². The van der Waals surface area contributed by atoms with Gasteiger partial charge in [0.25, 0.3) is 12.3 Å². The summed E-state index contributed by atoms with van der Waals surface area (Å²) in [5.41, 5.74) is 3.57. The van der Waals surface area contributed by atoms with E-state index in [9.17, 15) is 13.6 Å². The molecule has 1 amide bonds. The van der Waals surface area contributed by atoms with Gasteiger partial charge in [-0.25, -0.2) is 13.5 Å². The minimum Gasteiger partial charge on any atom is -0.363 e. The molecule has 0 radical (unpaired) electrons. The van der Waals surface area contributed by atoms with Gasteiger partial charge in [0.1, 0.15) is 17.4 Å². The summed E-state index contributed by atoms with van der Waals surface area (Å²) in [6.45, 7) is 3.81. The molecular weight excluding hydrogens is 410 g/mol. The van der Waals surface area contributed by atoms with Gasteiger partial charge in [0.2, 0.25) is 0 Å². The minimum atomic E-state index is -2.61. The highest BCUT2D eigenvalue weighted by Gasteiger charge is 2.36. The van der Waals surface area contributed by atoms with E-state index in [2.05, 4.69) is 15.7 Å². The lowest BCUT2D eigenvalue weighted by Crippen LogP contribution is -2.31. The van der Waals surface area contributed by atoms with Crippen LogP contribution in [0.1, 0.15) is 45.6 Å². The number of aryl methyl sites for hydroxylation is 2. The second-order valence-corrected chi connectivity index (χ2v) is 7.95. The van der Waals surface area contributed by atoms with E-state index in [1.807, 2.05) is 38.1 Å². The van der Waals surface area contributed by atoms with Gasteiger partial charge in [-0.3, -0.25) is 4.79 Å². The van der Waals surface area contributed by atoms with Gasteiger partial charge in [-0.15, -0.1) is 0 Å². The number of nitrogens with one attached hydrogen (secondary N) is 2. The van der Waals surface area contributed by atoms with Crippen LogP contribution in [0, 0.1) is 13.8 Å². The average molecular weight is 431 g/mol. The van der Waals surface area contributed by atoms with Crippen molar-refractivity contribution in [1.82, 2.24) is 9.78 Å². The minimum absolute atomic E-state index is 0.171. The molecule has 156 valence electrons. The van der Waals surface area contributed by atoms with E-state index >= 15 is 0 Å². The van der Waals surface area contributed by atoms with Crippen molar-refractivity contribution >= 4 is 29.0 Å². The number of carbonyl (C=O) groups is 1. The standard InChI is InChI=1S/C22H21ClF2N4O/c1-12-3-6-14(7-4-12)18-10-19(20(24)25)29-21(27-18)16(11-26-29)22(30)28-17-9-15(23)8-5-13(17)2/h3-9,11,18-20,27H,10H2,1-2H3,(H,28,30)/t18-,19-/m1/s1. The van der Waals surface area contributed by atoms with Crippen molar-refractivity contribution in [2.45, 2.75) is 38.8 Å². The molecular formula is C22H21ClF2N4O. The molecule has 0 saturated carbocycles. The molecule has 0 saturated heterocycles. The number of halogens is 3. The Balaban J connectivity index is 1.67. The van der Waals surface area contributed by atoms with E-state index in [-0.39, 0.29) is 23.8 Å². The van der Waals surface area contributed by atoms with Crippen molar-refractivity contribution < 1.29 is 13.6 Å². The number of fused-ring (bicyclic) bond motifs is 1. The van der Waals surface area contributed by atoms with Gasteiger partial charge in [0, 0.05) is 10.7 Å². The zero-order valence-corrected chi connectivity index (χ0v) is 17.3. The fourth-order valence-electron chi connectivity index (χ4n) is 3.64. The third-order valence-corrected chi connectivity index (χ3v) is 5.60. The normalized spacial score (nSPS) is 18.1. The highest BCUT2D eigenvalue weighted by atomic mass is 35.5. The van der Waals surface area contributed by atoms with E-state index in [1.54, 1.807) is 18.2 Å².